The van der Waals surface area contributed by atoms with E-state index in [2.05, 4.69) is 22.1 Å². The van der Waals surface area contributed by atoms with Crippen molar-refractivity contribution in [1.82, 2.24) is 24.7 Å². The number of aromatic amines is 1. The number of nitrogens with one attached hydrogen (secondary N) is 1. The van der Waals surface area contributed by atoms with Crippen LogP contribution in [0.5, 0.6) is 0 Å². The molecule has 28 heavy (non-hydrogen) atoms. The molecule has 2 heterocycles. The number of fused-ring (bicyclic) bond motifs is 1. The Balaban J connectivity index is 1.60. The average molecular weight is 375 g/mol. The number of aliphatic hydroxyl groups excluding tert-OH is 2. The summed E-state index contributed by atoms with van der Waals surface area (Å²) in [6.45, 7) is 0.250. The van der Waals surface area contributed by atoms with Crippen LogP contribution in [0.15, 0.2) is 48.5 Å². The van der Waals surface area contributed by atoms with Gasteiger partial charge in [0.25, 0.3) is 0 Å². The lowest BCUT2D eigenvalue weighted by Crippen LogP contribution is -2.12. The summed E-state index contributed by atoms with van der Waals surface area (Å²) < 4.78 is 1.78. The van der Waals surface area contributed by atoms with Crippen LogP contribution in [0, 0.1) is 0 Å². The van der Waals surface area contributed by atoms with Crippen molar-refractivity contribution in [2.45, 2.75) is 31.4 Å². The van der Waals surface area contributed by atoms with E-state index < -0.39 is 0 Å². The molecule has 2 aromatic carbocycles. The zero-order chi connectivity index (χ0) is 19.1. The Morgan fingerprint density at radius 3 is 2.57 bits per heavy atom. The van der Waals surface area contributed by atoms with Crippen LogP contribution >= 0.6 is 0 Å². The standard InChI is InChI=1S/C21H21N5O2/c27-11-10-26-19(14-6-7-16-17(12-14)23-18(13-28)22-16)24-20(25-26)21(8-9-21)15-4-2-1-3-5-15/h1-7,12,27-28H,8-11,13H2,(H,22,23). The Hall–Kier alpha value is -3.03. The fourth-order valence-electron chi connectivity index (χ4n) is 3.81. The predicted octanol–water partition coefficient (Wildman–Crippen LogP) is 2.39. The molecule has 0 radical (unpaired) electrons. The van der Waals surface area contributed by atoms with E-state index >= 15 is 0 Å². The van der Waals surface area contributed by atoms with Gasteiger partial charge in [0, 0.05) is 5.56 Å². The second kappa shape index (κ2) is 6.54. The summed E-state index contributed by atoms with van der Waals surface area (Å²) in [4.78, 5) is 12.3. The lowest BCUT2D eigenvalue weighted by molar-refractivity contribution is 0.269. The monoisotopic (exact) mass is 375 g/mol. The van der Waals surface area contributed by atoms with Gasteiger partial charge in [-0.25, -0.2) is 14.6 Å². The molecule has 7 heteroatoms. The minimum absolute atomic E-state index is 0.00486. The molecule has 0 aliphatic heterocycles. The highest BCUT2D eigenvalue weighted by Crippen LogP contribution is 2.52. The quantitative estimate of drug-likeness (QED) is 0.480. The van der Waals surface area contributed by atoms with Gasteiger partial charge < -0.3 is 15.2 Å². The van der Waals surface area contributed by atoms with E-state index in [9.17, 15) is 10.2 Å². The predicted molar refractivity (Wildman–Crippen MR) is 105 cm³/mol. The molecule has 0 spiro atoms. The molecule has 4 aromatic rings. The SMILES string of the molecule is OCCn1nc(C2(c3ccccc3)CC2)nc1-c1ccc2nc(CO)[nH]c2c1. The van der Waals surface area contributed by atoms with Gasteiger partial charge in [-0.2, -0.15) is 5.10 Å². The van der Waals surface area contributed by atoms with Gasteiger partial charge in [0.1, 0.15) is 12.4 Å². The molecule has 1 saturated carbocycles. The summed E-state index contributed by atoms with van der Waals surface area (Å²) in [6.07, 6.45) is 2.05. The van der Waals surface area contributed by atoms with Gasteiger partial charge in [0.2, 0.25) is 0 Å². The van der Waals surface area contributed by atoms with Gasteiger partial charge in [-0.05, 0) is 36.6 Å². The third kappa shape index (κ3) is 2.71. The maximum atomic E-state index is 9.51. The Labute approximate surface area is 161 Å². The number of rotatable bonds is 6. The van der Waals surface area contributed by atoms with Gasteiger partial charge in [-0.3, -0.25) is 0 Å². The van der Waals surface area contributed by atoms with Crippen molar-refractivity contribution >= 4 is 11.0 Å². The summed E-state index contributed by atoms with van der Waals surface area (Å²) in [6, 6.07) is 16.2. The summed E-state index contributed by atoms with van der Waals surface area (Å²) in [7, 11) is 0. The van der Waals surface area contributed by atoms with Crippen molar-refractivity contribution in [2.24, 2.45) is 0 Å². The zero-order valence-corrected chi connectivity index (χ0v) is 15.3. The van der Waals surface area contributed by atoms with Crippen molar-refractivity contribution in [3.05, 3.63) is 65.7 Å². The molecular weight excluding hydrogens is 354 g/mol. The molecule has 0 saturated heterocycles. The Morgan fingerprint density at radius 2 is 1.86 bits per heavy atom. The van der Waals surface area contributed by atoms with Gasteiger partial charge in [0.05, 0.1) is 29.6 Å². The van der Waals surface area contributed by atoms with Crippen LogP contribution in [-0.4, -0.2) is 41.6 Å². The number of nitrogens with zero attached hydrogens (tertiary/aromatic N) is 4. The van der Waals surface area contributed by atoms with E-state index in [0.717, 1.165) is 41.1 Å². The van der Waals surface area contributed by atoms with Crippen molar-refractivity contribution < 1.29 is 10.2 Å². The molecule has 1 fully saturated rings. The van der Waals surface area contributed by atoms with E-state index in [0.29, 0.717) is 12.4 Å². The van der Waals surface area contributed by atoms with Crippen LogP contribution in [0.2, 0.25) is 0 Å². The van der Waals surface area contributed by atoms with Gasteiger partial charge >= 0.3 is 0 Å². The van der Waals surface area contributed by atoms with Crippen LogP contribution in [0.4, 0.5) is 0 Å². The Morgan fingerprint density at radius 1 is 1.04 bits per heavy atom. The van der Waals surface area contributed by atoms with E-state index in [-0.39, 0.29) is 18.6 Å². The molecule has 3 N–H and O–H groups in total. The molecule has 142 valence electrons. The van der Waals surface area contributed by atoms with Crippen LogP contribution in [0.1, 0.15) is 30.1 Å². The molecular formula is C21H21N5O2. The van der Waals surface area contributed by atoms with Crippen molar-refractivity contribution in [3.63, 3.8) is 0 Å². The van der Waals surface area contributed by atoms with Crippen LogP contribution in [0.25, 0.3) is 22.4 Å². The molecule has 5 rings (SSSR count). The van der Waals surface area contributed by atoms with Crippen molar-refractivity contribution in [2.75, 3.05) is 6.61 Å². The minimum Gasteiger partial charge on any atom is -0.394 e. The minimum atomic E-state index is -0.131. The topological polar surface area (TPSA) is 99.8 Å². The van der Waals surface area contributed by atoms with Crippen molar-refractivity contribution in [1.29, 1.82) is 0 Å². The van der Waals surface area contributed by atoms with Gasteiger partial charge in [0.15, 0.2) is 11.6 Å². The van der Waals surface area contributed by atoms with E-state index in [1.807, 2.05) is 36.4 Å². The number of H-pyrrole nitrogens is 1. The first kappa shape index (κ1) is 17.1. The normalized spacial score (nSPS) is 15.2. The largest absolute Gasteiger partial charge is 0.394 e. The molecule has 1 aliphatic carbocycles. The van der Waals surface area contributed by atoms with E-state index in [1.165, 1.54) is 5.56 Å². The number of imidazole rings is 1. The highest BCUT2D eigenvalue weighted by atomic mass is 16.3. The first-order valence-corrected chi connectivity index (χ1v) is 9.45. The van der Waals surface area contributed by atoms with Crippen molar-refractivity contribution in [3.8, 4) is 11.4 Å². The molecule has 0 atom stereocenters. The summed E-state index contributed by atoms with van der Waals surface area (Å²) in [5.41, 5.74) is 3.64. The first-order chi connectivity index (χ1) is 13.7. The molecule has 2 aromatic heterocycles. The maximum Gasteiger partial charge on any atom is 0.161 e. The number of aromatic nitrogens is 5. The third-order valence-corrected chi connectivity index (χ3v) is 5.43. The second-order valence-corrected chi connectivity index (χ2v) is 7.23. The number of hydrogen-bond donors (Lipinski definition) is 3. The summed E-state index contributed by atoms with van der Waals surface area (Å²) in [5, 5.41) is 23.6. The molecule has 0 amide bonds. The first-order valence-electron chi connectivity index (χ1n) is 9.45. The number of hydrogen-bond acceptors (Lipinski definition) is 5. The Bertz CT molecular complexity index is 1130. The molecule has 7 nitrogen and oxygen atoms in total. The average Bonchev–Trinajstić information content (AvgIpc) is 3.26. The Kier molecular flexibility index (Phi) is 3.99. The highest BCUT2D eigenvalue weighted by Gasteiger charge is 2.49. The van der Waals surface area contributed by atoms with Gasteiger partial charge in [-0.15, -0.1) is 0 Å². The lowest BCUT2D eigenvalue weighted by atomic mass is 9.95. The molecule has 0 bridgehead atoms. The highest BCUT2D eigenvalue weighted by molar-refractivity contribution is 5.80. The molecule has 1 aliphatic rings. The van der Waals surface area contributed by atoms with E-state index in [1.54, 1.807) is 4.68 Å². The fraction of sp³-hybridized carbons (Fsp3) is 0.286. The zero-order valence-electron chi connectivity index (χ0n) is 15.3. The van der Waals surface area contributed by atoms with Gasteiger partial charge in [-0.1, -0.05) is 30.3 Å². The third-order valence-electron chi connectivity index (χ3n) is 5.43. The van der Waals surface area contributed by atoms with Crippen LogP contribution < -0.4 is 0 Å². The van der Waals surface area contributed by atoms with Crippen LogP contribution in [-0.2, 0) is 18.6 Å². The second-order valence-electron chi connectivity index (χ2n) is 7.23. The number of benzene rings is 2. The summed E-state index contributed by atoms with van der Waals surface area (Å²) in [5.74, 6) is 2.07. The molecule has 0 unspecified atom stereocenters. The summed E-state index contributed by atoms with van der Waals surface area (Å²) >= 11 is 0. The maximum absolute atomic E-state index is 9.51. The lowest BCUT2D eigenvalue weighted by Gasteiger charge is -2.11. The smallest absolute Gasteiger partial charge is 0.161 e. The van der Waals surface area contributed by atoms with Crippen LogP contribution in [0.3, 0.4) is 0 Å². The van der Waals surface area contributed by atoms with E-state index in [4.69, 9.17) is 10.1 Å². The number of aliphatic hydroxyl groups is 2. The fourth-order valence-corrected chi connectivity index (χ4v) is 3.81.